The number of aromatic nitrogens is 3. The number of piperidine rings is 1. The van der Waals surface area contributed by atoms with Crippen molar-refractivity contribution in [2.75, 3.05) is 13.1 Å². The van der Waals surface area contributed by atoms with Crippen molar-refractivity contribution in [1.82, 2.24) is 19.7 Å². The fourth-order valence-electron chi connectivity index (χ4n) is 3.95. The molecule has 1 amide bonds. The second-order valence-corrected chi connectivity index (χ2v) is 6.62. The maximum atomic E-state index is 11.2. The van der Waals surface area contributed by atoms with Crippen LogP contribution in [-0.4, -0.2) is 49.8 Å². The Labute approximate surface area is 140 Å². The van der Waals surface area contributed by atoms with Crippen molar-refractivity contribution in [2.45, 2.75) is 37.5 Å². The number of carbonyl (C=O) groups excluding carboxylic acids is 1. The van der Waals surface area contributed by atoms with Gasteiger partial charge in [0, 0.05) is 12.6 Å². The van der Waals surface area contributed by atoms with Crippen LogP contribution in [0.15, 0.2) is 30.6 Å². The number of hydrogen-bond donors (Lipinski definition) is 2. The van der Waals surface area contributed by atoms with E-state index < -0.39 is 12.0 Å². The van der Waals surface area contributed by atoms with Crippen molar-refractivity contribution < 1.29 is 9.90 Å². The molecule has 7 nitrogen and oxygen atoms in total. The Morgan fingerprint density at radius 2 is 2.17 bits per heavy atom. The van der Waals surface area contributed by atoms with Crippen molar-refractivity contribution in [3.05, 3.63) is 47.5 Å². The van der Waals surface area contributed by atoms with Gasteiger partial charge >= 0.3 is 0 Å². The molecule has 0 spiro atoms. The van der Waals surface area contributed by atoms with Crippen LogP contribution >= 0.6 is 0 Å². The number of aliphatic hydroxyl groups excluding tert-OH is 1. The lowest BCUT2D eigenvalue weighted by Gasteiger charge is -2.37. The van der Waals surface area contributed by atoms with Gasteiger partial charge in [-0.2, -0.15) is 0 Å². The van der Waals surface area contributed by atoms with E-state index in [0.717, 1.165) is 37.9 Å². The summed E-state index contributed by atoms with van der Waals surface area (Å²) < 4.78 is 1.74. The molecule has 3 atom stereocenters. The van der Waals surface area contributed by atoms with E-state index >= 15 is 0 Å². The highest BCUT2D eigenvalue weighted by molar-refractivity contribution is 5.88. The maximum Gasteiger partial charge on any atom is 0.288 e. The monoisotopic (exact) mass is 327 g/mol. The van der Waals surface area contributed by atoms with Gasteiger partial charge in [-0.3, -0.25) is 9.69 Å². The van der Waals surface area contributed by atoms with Gasteiger partial charge in [-0.1, -0.05) is 24.3 Å². The first-order chi connectivity index (χ1) is 11.6. The smallest absolute Gasteiger partial charge is 0.288 e. The summed E-state index contributed by atoms with van der Waals surface area (Å²) in [4.78, 5) is 17.5. The number of nitrogens with zero attached hydrogens (tertiary/aromatic N) is 4. The quantitative estimate of drug-likeness (QED) is 0.864. The molecule has 24 heavy (non-hydrogen) atoms. The van der Waals surface area contributed by atoms with E-state index in [1.807, 2.05) is 18.2 Å². The third-order valence-corrected chi connectivity index (χ3v) is 5.17. The predicted molar refractivity (Wildman–Crippen MR) is 87.3 cm³/mol. The lowest BCUT2D eigenvalue weighted by molar-refractivity contribution is 0.0345. The zero-order valence-electron chi connectivity index (χ0n) is 13.4. The molecule has 126 valence electrons. The number of carbonyl (C=O) groups is 1. The summed E-state index contributed by atoms with van der Waals surface area (Å²) in [5, 5.41) is 14.9. The molecule has 0 saturated carbocycles. The second-order valence-electron chi connectivity index (χ2n) is 6.62. The molecule has 2 aromatic rings. The minimum Gasteiger partial charge on any atom is -0.387 e. The summed E-state index contributed by atoms with van der Waals surface area (Å²) in [7, 11) is 0. The highest BCUT2D eigenvalue weighted by Gasteiger charge is 2.37. The van der Waals surface area contributed by atoms with Gasteiger partial charge in [0.05, 0.1) is 12.1 Å². The molecule has 2 heterocycles. The Kier molecular flexibility index (Phi) is 3.82. The Balaban J connectivity index is 1.50. The number of aliphatic hydroxyl groups is 1. The number of nitrogens with two attached hydrogens (primary N) is 1. The van der Waals surface area contributed by atoms with Crippen LogP contribution in [0.2, 0.25) is 0 Å². The van der Waals surface area contributed by atoms with Crippen LogP contribution in [0.3, 0.4) is 0 Å². The van der Waals surface area contributed by atoms with Crippen LogP contribution < -0.4 is 5.73 Å². The van der Waals surface area contributed by atoms with E-state index in [9.17, 15) is 9.90 Å². The summed E-state index contributed by atoms with van der Waals surface area (Å²) in [6.07, 6.45) is 4.00. The molecule has 1 aliphatic heterocycles. The van der Waals surface area contributed by atoms with Crippen LogP contribution in [-0.2, 0) is 6.42 Å². The molecule has 2 aliphatic rings. The van der Waals surface area contributed by atoms with Crippen molar-refractivity contribution >= 4 is 5.91 Å². The van der Waals surface area contributed by atoms with E-state index in [2.05, 4.69) is 21.0 Å². The Bertz CT molecular complexity index is 759. The van der Waals surface area contributed by atoms with Gasteiger partial charge in [0.15, 0.2) is 0 Å². The molecule has 4 rings (SSSR count). The Morgan fingerprint density at radius 3 is 2.92 bits per heavy atom. The van der Waals surface area contributed by atoms with Crippen LogP contribution in [0.25, 0.3) is 0 Å². The summed E-state index contributed by atoms with van der Waals surface area (Å²) >= 11 is 0. The van der Waals surface area contributed by atoms with E-state index in [1.54, 1.807) is 11.0 Å². The predicted octanol–water partition coefficient (Wildman–Crippen LogP) is 0.672. The van der Waals surface area contributed by atoms with Gasteiger partial charge in [0.25, 0.3) is 5.91 Å². The van der Waals surface area contributed by atoms with Crippen LogP contribution in [0.1, 0.15) is 46.7 Å². The summed E-state index contributed by atoms with van der Waals surface area (Å²) in [5.74, 6) is -0.552. The average molecular weight is 327 g/mol. The van der Waals surface area contributed by atoms with Crippen LogP contribution in [0.5, 0.6) is 0 Å². The first kappa shape index (κ1) is 15.3. The zero-order valence-corrected chi connectivity index (χ0v) is 13.4. The topological polar surface area (TPSA) is 97.3 Å². The van der Waals surface area contributed by atoms with Crippen molar-refractivity contribution in [3.8, 4) is 0 Å². The number of hydrogen-bond acceptors (Lipinski definition) is 5. The van der Waals surface area contributed by atoms with Gasteiger partial charge in [0.2, 0.25) is 5.82 Å². The lowest BCUT2D eigenvalue weighted by Crippen LogP contribution is -2.45. The van der Waals surface area contributed by atoms with E-state index in [0.29, 0.717) is 0 Å². The van der Waals surface area contributed by atoms with E-state index in [-0.39, 0.29) is 17.9 Å². The first-order valence-electron chi connectivity index (χ1n) is 8.34. The van der Waals surface area contributed by atoms with Gasteiger partial charge < -0.3 is 10.8 Å². The highest BCUT2D eigenvalue weighted by Crippen LogP contribution is 2.36. The number of rotatable bonds is 3. The minimum absolute atomic E-state index is 0.0560. The molecule has 1 fully saturated rings. The molecule has 1 aliphatic carbocycles. The molecular formula is C17H21N5O2. The molecule has 1 saturated heterocycles. The fraction of sp³-hybridized carbons (Fsp3) is 0.471. The first-order valence-corrected chi connectivity index (χ1v) is 8.34. The van der Waals surface area contributed by atoms with Crippen LogP contribution in [0.4, 0.5) is 0 Å². The van der Waals surface area contributed by atoms with Crippen LogP contribution in [0, 0.1) is 0 Å². The standard InChI is InChI=1S/C17H21N5O2/c18-16(24)17-19-10-22(20-17)12-5-3-7-21(9-12)14-8-11-4-1-2-6-13(11)15(14)23/h1-2,4,6,10,12,14-15,23H,3,5,7-9H2,(H2,18,24)/t12-,14+,15+/m1/s1. The number of fused-ring (bicyclic) bond motifs is 1. The van der Waals surface area contributed by atoms with Crippen molar-refractivity contribution in [2.24, 2.45) is 5.73 Å². The molecular weight excluding hydrogens is 306 g/mol. The Hall–Kier alpha value is -2.25. The van der Waals surface area contributed by atoms with E-state index in [4.69, 9.17) is 5.73 Å². The number of amides is 1. The van der Waals surface area contributed by atoms with Gasteiger partial charge in [-0.05, 0) is 36.9 Å². The van der Waals surface area contributed by atoms with E-state index in [1.165, 1.54) is 5.56 Å². The Morgan fingerprint density at radius 1 is 1.33 bits per heavy atom. The summed E-state index contributed by atoms with van der Waals surface area (Å²) in [6, 6.07) is 8.35. The molecule has 7 heteroatoms. The average Bonchev–Trinajstić information content (AvgIpc) is 3.21. The van der Waals surface area contributed by atoms with Gasteiger partial charge in [-0.25, -0.2) is 9.67 Å². The molecule has 1 aromatic carbocycles. The van der Waals surface area contributed by atoms with Gasteiger partial charge in [0.1, 0.15) is 6.33 Å². The minimum atomic E-state index is -0.608. The number of likely N-dealkylation sites (tertiary alicyclic amines) is 1. The number of benzene rings is 1. The number of primary amides is 1. The highest BCUT2D eigenvalue weighted by atomic mass is 16.3. The lowest BCUT2D eigenvalue weighted by atomic mass is 10.0. The third-order valence-electron chi connectivity index (χ3n) is 5.17. The van der Waals surface area contributed by atoms with Gasteiger partial charge in [-0.15, -0.1) is 5.10 Å². The normalized spacial score (nSPS) is 27.1. The van der Waals surface area contributed by atoms with Crippen molar-refractivity contribution in [1.29, 1.82) is 0 Å². The molecule has 0 unspecified atom stereocenters. The largest absolute Gasteiger partial charge is 0.387 e. The van der Waals surface area contributed by atoms with Crippen molar-refractivity contribution in [3.63, 3.8) is 0 Å². The third kappa shape index (κ3) is 2.59. The maximum absolute atomic E-state index is 11.2. The molecule has 1 aromatic heterocycles. The summed E-state index contributed by atoms with van der Waals surface area (Å²) in [5.41, 5.74) is 7.50. The second kappa shape index (κ2) is 5.99. The summed E-state index contributed by atoms with van der Waals surface area (Å²) in [6.45, 7) is 1.75. The molecule has 0 bridgehead atoms. The fourth-order valence-corrected chi connectivity index (χ4v) is 3.95. The SMILES string of the molecule is NC(=O)c1ncn([C@@H]2CCCN([C@H]3Cc4ccccc4[C@@H]3O)C2)n1. The molecule has 0 radical (unpaired) electrons. The molecule has 3 N–H and O–H groups in total. The zero-order chi connectivity index (χ0) is 16.7.